The van der Waals surface area contributed by atoms with Gasteiger partial charge in [-0.3, -0.25) is 15.1 Å². The summed E-state index contributed by atoms with van der Waals surface area (Å²) in [6, 6.07) is 5.81. The van der Waals surface area contributed by atoms with E-state index in [9.17, 15) is 0 Å². The first kappa shape index (κ1) is 13.1. The van der Waals surface area contributed by atoms with Crippen molar-refractivity contribution in [1.82, 2.24) is 14.8 Å². The highest BCUT2D eigenvalue weighted by atomic mass is 15.4. The number of anilines is 1. The molecule has 0 radical (unpaired) electrons. The highest BCUT2D eigenvalue weighted by Crippen LogP contribution is 2.22. The molecule has 19 heavy (non-hydrogen) atoms. The third-order valence-electron chi connectivity index (χ3n) is 2.95. The van der Waals surface area contributed by atoms with Crippen molar-refractivity contribution >= 4 is 11.7 Å². The fourth-order valence-corrected chi connectivity index (χ4v) is 2.21. The fraction of sp³-hybridized carbons (Fsp3) is 0.308. The Bertz CT molecular complexity index is 587. The number of nitrogens with two attached hydrogens (primary N) is 1. The van der Waals surface area contributed by atoms with E-state index in [1.807, 2.05) is 44.1 Å². The zero-order valence-electron chi connectivity index (χ0n) is 11.4. The minimum Gasteiger partial charge on any atom is -0.384 e. The van der Waals surface area contributed by atoms with Gasteiger partial charge in [0.05, 0.1) is 23.5 Å². The lowest BCUT2D eigenvalue weighted by Gasteiger charge is -2.20. The normalized spacial score (nSPS) is 10.5. The van der Waals surface area contributed by atoms with Crippen molar-refractivity contribution in [1.29, 1.82) is 5.41 Å². The SMILES string of the molecule is Cc1nn(C)c(N(C)Cc2ccccn2)c1C(=N)N. The van der Waals surface area contributed by atoms with Gasteiger partial charge in [0.1, 0.15) is 11.7 Å². The Hall–Kier alpha value is -2.37. The van der Waals surface area contributed by atoms with Gasteiger partial charge < -0.3 is 10.6 Å². The number of rotatable bonds is 4. The van der Waals surface area contributed by atoms with Crippen LogP contribution in [0.3, 0.4) is 0 Å². The summed E-state index contributed by atoms with van der Waals surface area (Å²) < 4.78 is 1.75. The van der Waals surface area contributed by atoms with E-state index in [-0.39, 0.29) is 5.84 Å². The molecule has 6 heteroatoms. The van der Waals surface area contributed by atoms with Gasteiger partial charge in [0.2, 0.25) is 0 Å². The number of amidine groups is 1. The Balaban J connectivity index is 2.34. The second kappa shape index (κ2) is 5.09. The molecule has 3 N–H and O–H groups in total. The maximum Gasteiger partial charge on any atom is 0.137 e. The number of aryl methyl sites for hydroxylation is 2. The van der Waals surface area contributed by atoms with Gasteiger partial charge in [-0.1, -0.05) is 6.07 Å². The number of aromatic nitrogens is 3. The van der Waals surface area contributed by atoms with Crippen LogP contribution in [0.5, 0.6) is 0 Å². The van der Waals surface area contributed by atoms with E-state index >= 15 is 0 Å². The molecule has 6 nitrogen and oxygen atoms in total. The van der Waals surface area contributed by atoms with E-state index in [1.54, 1.807) is 10.9 Å². The number of pyridine rings is 1. The molecule has 0 unspecified atom stereocenters. The van der Waals surface area contributed by atoms with Crippen LogP contribution < -0.4 is 10.6 Å². The average Bonchev–Trinajstić information content (AvgIpc) is 2.65. The van der Waals surface area contributed by atoms with Crippen molar-refractivity contribution in [2.45, 2.75) is 13.5 Å². The first-order valence-electron chi connectivity index (χ1n) is 5.99. The first-order chi connectivity index (χ1) is 9.00. The van der Waals surface area contributed by atoms with E-state index < -0.39 is 0 Å². The maximum atomic E-state index is 7.69. The number of nitrogens with one attached hydrogen (secondary N) is 1. The first-order valence-corrected chi connectivity index (χ1v) is 5.99. The molecule has 0 aliphatic heterocycles. The number of hydrogen-bond donors (Lipinski definition) is 2. The van der Waals surface area contributed by atoms with Gasteiger partial charge in [-0.15, -0.1) is 0 Å². The topological polar surface area (TPSA) is 83.8 Å². The Labute approximate surface area is 112 Å². The van der Waals surface area contributed by atoms with Crippen LogP contribution in [-0.2, 0) is 13.6 Å². The number of nitrogen functional groups attached to an aromatic ring is 1. The summed E-state index contributed by atoms with van der Waals surface area (Å²) in [7, 11) is 3.79. The molecule has 0 saturated heterocycles. The molecule has 2 aromatic heterocycles. The van der Waals surface area contributed by atoms with Gasteiger partial charge >= 0.3 is 0 Å². The van der Waals surface area contributed by atoms with Crippen molar-refractivity contribution < 1.29 is 0 Å². The quantitative estimate of drug-likeness (QED) is 0.634. The van der Waals surface area contributed by atoms with E-state index in [0.29, 0.717) is 12.1 Å². The van der Waals surface area contributed by atoms with Crippen molar-refractivity contribution in [3.05, 3.63) is 41.3 Å². The number of nitrogens with zero attached hydrogens (tertiary/aromatic N) is 4. The van der Waals surface area contributed by atoms with Crippen LogP contribution in [0.2, 0.25) is 0 Å². The summed E-state index contributed by atoms with van der Waals surface area (Å²) in [6.07, 6.45) is 1.77. The van der Waals surface area contributed by atoms with Crippen molar-refractivity contribution in [3.63, 3.8) is 0 Å². The summed E-state index contributed by atoms with van der Waals surface area (Å²) in [4.78, 5) is 6.30. The third-order valence-corrected chi connectivity index (χ3v) is 2.95. The zero-order valence-corrected chi connectivity index (χ0v) is 11.4. The van der Waals surface area contributed by atoms with E-state index in [2.05, 4.69) is 10.1 Å². The summed E-state index contributed by atoms with van der Waals surface area (Å²) >= 11 is 0. The summed E-state index contributed by atoms with van der Waals surface area (Å²) in [5, 5.41) is 12.0. The molecule has 0 fully saturated rings. The minimum atomic E-state index is 0.0356. The largest absolute Gasteiger partial charge is 0.384 e. The average molecular weight is 258 g/mol. The van der Waals surface area contributed by atoms with Gasteiger partial charge in [-0.2, -0.15) is 5.10 Å². The van der Waals surface area contributed by atoms with Crippen molar-refractivity contribution in [3.8, 4) is 0 Å². The van der Waals surface area contributed by atoms with Crippen LogP contribution in [0.4, 0.5) is 5.82 Å². The van der Waals surface area contributed by atoms with Gasteiger partial charge in [0.25, 0.3) is 0 Å². The van der Waals surface area contributed by atoms with Crippen molar-refractivity contribution in [2.24, 2.45) is 12.8 Å². The predicted molar refractivity (Wildman–Crippen MR) is 75.3 cm³/mol. The van der Waals surface area contributed by atoms with Crippen LogP contribution in [0.25, 0.3) is 0 Å². The zero-order chi connectivity index (χ0) is 14.0. The molecule has 2 rings (SSSR count). The Morgan fingerprint density at radius 2 is 2.21 bits per heavy atom. The lowest BCUT2D eigenvalue weighted by Crippen LogP contribution is -2.24. The van der Waals surface area contributed by atoms with Crippen molar-refractivity contribution in [2.75, 3.05) is 11.9 Å². The molecular weight excluding hydrogens is 240 g/mol. The fourth-order valence-electron chi connectivity index (χ4n) is 2.21. The second-order valence-corrected chi connectivity index (χ2v) is 4.50. The van der Waals surface area contributed by atoms with Crippen LogP contribution in [0.15, 0.2) is 24.4 Å². The minimum absolute atomic E-state index is 0.0356. The van der Waals surface area contributed by atoms with Crippen LogP contribution in [-0.4, -0.2) is 27.6 Å². The molecule has 0 aromatic carbocycles. The molecule has 0 atom stereocenters. The molecule has 0 aliphatic rings. The van der Waals surface area contributed by atoms with Gasteiger partial charge in [-0.05, 0) is 19.1 Å². The molecule has 2 aromatic rings. The Morgan fingerprint density at radius 3 is 2.79 bits per heavy atom. The van der Waals surface area contributed by atoms with Crippen LogP contribution >= 0.6 is 0 Å². The van der Waals surface area contributed by atoms with Gasteiger partial charge in [-0.25, -0.2) is 0 Å². The third kappa shape index (κ3) is 2.57. The predicted octanol–water partition coefficient (Wildman–Crippen LogP) is 1.04. The highest BCUT2D eigenvalue weighted by molar-refractivity contribution is 6.00. The van der Waals surface area contributed by atoms with Gasteiger partial charge in [0.15, 0.2) is 0 Å². The smallest absolute Gasteiger partial charge is 0.137 e. The van der Waals surface area contributed by atoms with E-state index in [4.69, 9.17) is 11.1 Å². The molecule has 0 spiro atoms. The summed E-state index contributed by atoms with van der Waals surface area (Å²) in [5.74, 6) is 0.865. The molecule has 2 heterocycles. The molecule has 100 valence electrons. The molecular formula is C13H18N6. The standard InChI is InChI=1S/C13H18N6/c1-9-11(12(14)15)13(19(3)17-9)18(2)8-10-6-4-5-7-16-10/h4-7H,8H2,1-3H3,(H3,14,15). The highest BCUT2D eigenvalue weighted by Gasteiger charge is 2.19. The van der Waals surface area contributed by atoms with Crippen LogP contribution in [0.1, 0.15) is 17.0 Å². The lowest BCUT2D eigenvalue weighted by molar-refractivity contribution is 0.723. The molecule has 0 saturated carbocycles. The molecule has 0 aliphatic carbocycles. The summed E-state index contributed by atoms with van der Waals surface area (Å²) in [5.41, 5.74) is 8.05. The van der Waals surface area contributed by atoms with Crippen LogP contribution in [0, 0.1) is 12.3 Å². The monoisotopic (exact) mass is 258 g/mol. The maximum absolute atomic E-state index is 7.69. The second-order valence-electron chi connectivity index (χ2n) is 4.50. The number of hydrogen-bond acceptors (Lipinski definition) is 4. The lowest BCUT2D eigenvalue weighted by atomic mass is 10.2. The molecule has 0 amide bonds. The summed E-state index contributed by atoms with van der Waals surface area (Å²) in [6.45, 7) is 2.49. The van der Waals surface area contributed by atoms with E-state index in [1.165, 1.54) is 0 Å². The Morgan fingerprint density at radius 1 is 1.47 bits per heavy atom. The van der Waals surface area contributed by atoms with Gasteiger partial charge in [0, 0.05) is 20.3 Å². The molecule has 0 bridgehead atoms. The Kier molecular flexibility index (Phi) is 3.50. The van der Waals surface area contributed by atoms with E-state index in [0.717, 1.165) is 17.2 Å².